The molecule has 0 radical (unpaired) electrons. The van der Waals surface area contributed by atoms with Crippen molar-refractivity contribution >= 4 is 11.9 Å². The lowest BCUT2D eigenvalue weighted by Crippen LogP contribution is -2.20. The second-order valence-electron chi connectivity index (χ2n) is 16.5. The van der Waals surface area contributed by atoms with E-state index in [2.05, 4.69) is 72.8 Å². The van der Waals surface area contributed by atoms with Gasteiger partial charge in [-0.25, -0.2) is 9.59 Å². The summed E-state index contributed by atoms with van der Waals surface area (Å²) < 4.78 is 12.9. The lowest BCUT2D eigenvalue weighted by atomic mass is 9.74. The first-order valence-electron chi connectivity index (χ1n) is 18.9. The molecule has 0 saturated heterocycles. The fraction of sp³-hybridized carbons (Fsp3) is 0.304. The molecule has 8 atom stereocenters. The highest BCUT2D eigenvalue weighted by atomic mass is 16.5. The third-order valence-electron chi connectivity index (χ3n) is 14.6. The summed E-state index contributed by atoms with van der Waals surface area (Å²) in [6.45, 7) is -0.837. The van der Waals surface area contributed by atoms with Crippen molar-refractivity contribution in [1.82, 2.24) is 0 Å². The Kier molecular flexibility index (Phi) is 5.08. The highest BCUT2D eigenvalue weighted by Gasteiger charge is 2.55. The molecule has 254 valence electrons. The van der Waals surface area contributed by atoms with Crippen molar-refractivity contribution in [3.63, 3.8) is 0 Å². The van der Waals surface area contributed by atoms with Crippen LogP contribution in [0.5, 0.6) is 11.5 Å². The third-order valence-corrected chi connectivity index (χ3v) is 14.6. The molecule has 4 unspecified atom stereocenters. The van der Waals surface area contributed by atoms with Crippen LogP contribution in [-0.4, -0.2) is 35.4 Å². The maximum Gasteiger partial charge on any atom is 0.341 e. The van der Waals surface area contributed by atoms with Gasteiger partial charge in [0.15, 0.2) is 13.2 Å². The molecule has 13 rings (SSSR count). The van der Waals surface area contributed by atoms with Crippen molar-refractivity contribution in [2.45, 2.75) is 73.0 Å². The van der Waals surface area contributed by atoms with Crippen LogP contribution in [0.1, 0.15) is 162 Å². The summed E-state index contributed by atoms with van der Waals surface area (Å²) in [4.78, 5) is 24.2. The smallest absolute Gasteiger partial charge is 0.341 e. The molecule has 6 nitrogen and oxygen atoms in total. The maximum absolute atomic E-state index is 12.1. The average molecular weight is 683 g/mol. The van der Waals surface area contributed by atoms with Crippen LogP contribution in [0.4, 0.5) is 0 Å². The standard InChI is InChI=1S/C46H34O6/c47-39(48)17-51-45-41-35-15-36(32-12-28-24-9-23(27(28)11-31(32)35)19-5-1-2-6-20(19)24)42(41)46(52-18-40(49)50)44-38-16-37(43(44)45)33-13-29-25-10-26(30(29)14-34(33)38)22-8-4-3-7-21(22)25/h1-8,11-14,23-26,35-38H,9-10,15-18H2,(H,47,48)(H,49,50)/t23-,24?,25+,26?,35-,36?,37+,38?. The van der Waals surface area contributed by atoms with E-state index in [4.69, 9.17) is 9.47 Å². The van der Waals surface area contributed by atoms with Gasteiger partial charge >= 0.3 is 11.9 Å². The van der Waals surface area contributed by atoms with Gasteiger partial charge in [-0.3, -0.25) is 0 Å². The first-order valence-corrected chi connectivity index (χ1v) is 18.9. The summed E-state index contributed by atoms with van der Waals surface area (Å²) in [5.74, 6) is 1.25. The summed E-state index contributed by atoms with van der Waals surface area (Å²) in [5.41, 5.74) is 21.0. The summed E-state index contributed by atoms with van der Waals surface area (Å²) >= 11 is 0. The molecule has 0 saturated carbocycles. The molecule has 0 aromatic heterocycles. The maximum atomic E-state index is 12.1. The van der Waals surface area contributed by atoms with Gasteiger partial charge in [-0.1, -0.05) is 72.8 Å². The number of ether oxygens (including phenoxy) is 2. The van der Waals surface area contributed by atoms with E-state index < -0.39 is 25.2 Å². The van der Waals surface area contributed by atoms with Crippen LogP contribution in [0.3, 0.4) is 0 Å². The van der Waals surface area contributed by atoms with E-state index in [9.17, 15) is 19.8 Å². The normalized spacial score (nSPS) is 28.2. The molecular weight excluding hydrogens is 649 g/mol. The molecule has 8 aliphatic rings. The zero-order chi connectivity index (χ0) is 34.3. The van der Waals surface area contributed by atoms with Gasteiger partial charge in [-0.15, -0.1) is 0 Å². The van der Waals surface area contributed by atoms with Crippen molar-refractivity contribution < 1.29 is 29.3 Å². The molecule has 0 heterocycles. The number of hydrogen-bond acceptors (Lipinski definition) is 4. The van der Waals surface area contributed by atoms with Gasteiger partial charge in [0.25, 0.3) is 0 Å². The first kappa shape index (κ1) is 28.3. The van der Waals surface area contributed by atoms with Gasteiger partial charge in [-0.2, -0.15) is 0 Å². The summed E-state index contributed by atoms with van der Waals surface area (Å²) in [5, 5.41) is 19.9. The highest BCUT2D eigenvalue weighted by molar-refractivity contribution is 5.80. The minimum Gasteiger partial charge on any atom is -0.481 e. The number of carbonyl (C=O) groups is 2. The van der Waals surface area contributed by atoms with Crippen LogP contribution in [0, 0.1) is 0 Å². The zero-order valence-corrected chi connectivity index (χ0v) is 28.3. The minimum absolute atomic E-state index is 0.0433. The van der Waals surface area contributed by atoms with Crippen molar-refractivity contribution in [2.75, 3.05) is 13.2 Å². The quantitative estimate of drug-likeness (QED) is 0.187. The van der Waals surface area contributed by atoms with E-state index in [1.165, 1.54) is 66.8 Å². The summed E-state index contributed by atoms with van der Waals surface area (Å²) in [6.07, 6.45) is 3.96. The Bertz CT molecular complexity index is 2240. The van der Waals surface area contributed by atoms with E-state index in [1.807, 2.05) is 0 Å². The van der Waals surface area contributed by atoms with Crippen molar-refractivity contribution in [2.24, 2.45) is 0 Å². The number of benzene rings is 5. The summed E-state index contributed by atoms with van der Waals surface area (Å²) in [6, 6.07) is 27.6. The van der Waals surface area contributed by atoms with Crippen LogP contribution in [-0.2, 0) is 9.59 Å². The average Bonchev–Trinajstić information content (AvgIpc) is 4.02. The fourth-order valence-corrected chi connectivity index (χ4v) is 13.0. The van der Waals surface area contributed by atoms with Gasteiger partial charge in [0.1, 0.15) is 11.5 Å². The molecule has 52 heavy (non-hydrogen) atoms. The monoisotopic (exact) mass is 682 g/mol. The second kappa shape index (κ2) is 9.35. The molecule has 8 bridgehead atoms. The first-order chi connectivity index (χ1) is 25.4. The van der Waals surface area contributed by atoms with Gasteiger partial charge < -0.3 is 19.7 Å². The molecule has 0 spiro atoms. The van der Waals surface area contributed by atoms with Crippen molar-refractivity contribution in [3.8, 4) is 11.5 Å². The molecule has 0 amide bonds. The number of carboxylic acids is 2. The largest absolute Gasteiger partial charge is 0.481 e. The van der Waals surface area contributed by atoms with E-state index >= 15 is 0 Å². The number of rotatable bonds is 6. The topological polar surface area (TPSA) is 93.1 Å². The number of fused-ring (bicyclic) bond motifs is 32. The van der Waals surface area contributed by atoms with E-state index in [0.717, 1.165) is 47.9 Å². The SMILES string of the molecule is O=C(O)COc1c2c(c(OCC(=O)O)c3c1C1C[C@H]3c3cc4c(cc31)C1C[C@H]4c3ccccc31)[C@@H]1CC2c2cc3c(cc21)[C@@H]1CC3c2ccccc21. The van der Waals surface area contributed by atoms with Gasteiger partial charge in [0.2, 0.25) is 0 Å². The van der Waals surface area contributed by atoms with Crippen LogP contribution in [0.15, 0.2) is 72.8 Å². The Hall–Kier alpha value is -5.36. The molecule has 5 aromatic carbocycles. The van der Waals surface area contributed by atoms with Crippen LogP contribution >= 0.6 is 0 Å². The second-order valence-corrected chi connectivity index (χ2v) is 16.5. The number of aliphatic carboxylic acids is 2. The fourth-order valence-electron chi connectivity index (χ4n) is 13.0. The molecule has 6 heteroatoms. The Morgan fingerprint density at radius 1 is 0.423 bits per heavy atom. The molecule has 0 fully saturated rings. The van der Waals surface area contributed by atoms with Gasteiger partial charge in [-0.05, 0) is 92.4 Å². The van der Waals surface area contributed by atoms with Crippen molar-refractivity contribution in [1.29, 1.82) is 0 Å². The summed E-state index contributed by atoms with van der Waals surface area (Å²) in [7, 11) is 0. The van der Waals surface area contributed by atoms with E-state index in [-0.39, 0.29) is 23.7 Å². The minimum atomic E-state index is -0.999. The Labute approximate surface area is 300 Å². The predicted molar refractivity (Wildman–Crippen MR) is 192 cm³/mol. The van der Waals surface area contributed by atoms with Crippen molar-refractivity contribution in [3.05, 3.63) is 162 Å². The Morgan fingerprint density at radius 2 is 0.673 bits per heavy atom. The molecular formula is C46H34O6. The molecule has 8 aliphatic carbocycles. The van der Waals surface area contributed by atoms with Crippen LogP contribution in [0.2, 0.25) is 0 Å². The Balaban J connectivity index is 1.01. The van der Waals surface area contributed by atoms with E-state index in [1.54, 1.807) is 0 Å². The third kappa shape index (κ3) is 3.21. The molecule has 2 N–H and O–H groups in total. The lowest BCUT2D eigenvalue weighted by Gasteiger charge is -2.33. The van der Waals surface area contributed by atoms with Crippen LogP contribution in [0.25, 0.3) is 0 Å². The zero-order valence-electron chi connectivity index (χ0n) is 28.3. The van der Waals surface area contributed by atoms with Gasteiger partial charge in [0.05, 0.1) is 0 Å². The van der Waals surface area contributed by atoms with Gasteiger partial charge in [0, 0.05) is 69.6 Å². The highest BCUT2D eigenvalue weighted by Crippen LogP contribution is 2.71. The predicted octanol–water partition coefficient (Wildman–Crippen LogP) is 8.54. The van der Waals surface area contributed by atoms with Crippen LogP contribution < -0.4 is 9.47 Å². The molecule has 0 aliphatic heterocycles. The van der Waals surface area contributed by atoms with E-state index in [0.29, 0.717) is 35.2 Å². The number of carboxylic acid groups (broad SMARTS) is 2. The Morgan fingerprint density at radius 3 is 0.942 bits per heavy atom. The lowest BCUT2D eigenvalue weighted by molar-refractivity contribution is -0.140. The molecule has 5 aromatic rings. The number of hydrogen-bond donors (Lipinski definition) is 2.